The lowest BCUT2D eigenvalue weighted by molar-refractivity contribution is 0.586. The molecule has 0 saturated heterocycles. The summed E-state index contributed by atoms with van der Waals surface area (Å²) in [7, 11) is -3.42. The fourth-order valence-corrected chi connectivity index (χ4v) is 4.60. The predicted molar refractivity (Wildman–Crippen MR) is 137 cm³/mol. The van der Waals surface area contributed by atoms with E-state index in [2.05, 4.69) is 39.8 Å². The van der Waals surface area contributed by atoms with Crippen molar-refractivity contribution in [2.45, 2.75) is 6.54 Å². The highest BCUT2D eigenvalue weighted by molar-refractivity contribution is 7.88. The molecule has 12 heteroatoms. The normalized spacial score (nSPS) is 11.9. The topological polar surface area (TPSA) is 142 Å². The van der Waals surface area contributed by atoms with Crippen molar-refractivity contribution in [3.63, 3.8) is 0 Å². The van der Waals surface area contributed by atoms with Crippen LogP contribution in [0.3, 0.4) is 0 Å². The van der Waals surface area contributed by atoms with Gasteiger partial charge in [0, 0.05) is 42.5 Å². The first-order valence-electron chi connectivity index (χ1n) is 11.2. The number of H-pyrrole nitrogens is 2. The number of nitrogens with zero attached hydrogens (tertiary/aromatic N) is 5. The number of benzene rings is 1. The van der Waals surface area contributed by atoms with Crippen molar-refractivity contribution >= 4 is 32.2 Å². The largest absolute Gasteiger partial charge is 0.335 e. The Morgan fingerprint density at radius 3 is 2.59 bits per heavy atom. The molecule has 5 heterocycles. The van der Waals surface area contributed by atoms with Crippen molar-refractivity contribution in [2.24, 2.45) is 0 Å². The molecule has 0 bridgehead atoms. The number of sulfonamides is 1. The van der Waals surface area contributed by atoms with Gasteiger partial charge < -0.3 is 4.98 Å². The molecule has 1 aromatic carbocycles. The molecule has 0 aliphatic carbocycles. The number of hydrogen-bond donors (Lipinski definition) is 3. The molecule has 0 unspecified atom stereocenters. The lowest BCUT2D eigenvalue weighted by Crippen LogP contribution is -2.21. The van der Waals surface area contributed by atoms with Crippen LogP contribution in [0.25, 0.3) is 56.0 Å². The van der Waals surface area contributed by atoms with Gasteiger partial charge in [0.15, 0.2) is 17.1 Å². The number of rotatable bonds is 6. The summed E-state index contributed by atoms with van der Waals surface area (Å²) in [5.74, 6) is 0.0169. The third kappa shape index (κ3) is 4.55. The monoisotopic (exact) mass is 514 g/mol. The van der Waals surface area contributed by atoms with Crippen LogP contribution in [-0.4, -0.2) is 49.8 Å². The van der Waals surface area contributed by atoms with E-state index in [0.717, 1.165) is 22.8 Å². The van der Waals surface area contributed by atoms with Crippen molar-refractivity contribution in [1.29, 1.82) is 0 Å². The SMILES string of the molecule is CS(=O)(=O)NCc1cc(F)cc(-c2ccnc3nc(-c4[nH]nc5ncc(-c6ccncc6)cc45)[nH]c23)c1. The molecule has 0 amide bonds. The second-order valence-electron chi connectivity index (χ2n) is 8.51. The Morgan fingerprint density at radius 2 is 1.78 bits per heavy atom. The van der Waals surface area contributed by atoms with Crippen molar-refractivity contribution in [3.05, 3.63) is 78.6 Å². The first-order valence-corrected chi connectivity index (χ1v) is 13.1. The van der Waals surface area contributed by atoms with Gasteiger partial charge in [-0.15, -0.1) is 0 Å². The van der Waals surface area contributed by atoms with Crippen LogP contribution in [0.2, 0.25) is 0 Å². The van der Waals surface area contributed by atoms with Gasteiger partial charge in [0.2, 0.25) is 10.0 Å². The van der Waals surface area contributed by atoms with Crippen molar-refractivity contribution in [1.82, 2.24) is 39.8 Å². The minimum atomic E-state index is -3.42. The smallest absolute Gasteiger partial charge is 0.209 e. The molecule has 5 aromatic heterocycles. The molecule has 6 rings (SSSR count). The van der Waals surface area contributed by atoms with E-state index in [1.54, 1.807) is 36.9 Å². The van der Waals surface area contributed by atoms with E-state index < -0.39 is 15.8 Å². The van der Waals surface area contributed by atoms with Crippen molar-refractivity contribution in [2.75, 3.05) is 6.26 Å². The number of imidazole rings is 1. The quantitative estimate of drug-likeness (QED) is 0.307. The summed E-state index contributed by atoms with van der Waals surface area (Å²) in [6, 6.07) is 11.9. The first-order chi connectivity index (χ1) is 17.8. The minimum absolute atomic E-state index is 0.0288. The van der Waals surface area contributed by atoms with Crippen molar-refractivity contribution < 1.29 is 12.8 Å². The van der Waals surface area contributed by atoms with Gasteiger partial charge in [-0.2, -0.15) is 5.10 Å². The lowest BCUT2D eigenvalue weighted by Gasteiger charge is -2.08. The van der Waals surface area contributed by atoms with Gasteiger partial charge in [-0.3, -0.25) is 10.1 Å². The number of hydrogen-bond acceptors (Lipinski definition) is 7. The molecule has 0 spiro atoms. The second-order valence-corrected chi connectivity index (χ2v) is 10.3. The summed E-state index contributed by atoms with van der Waals surface area (Å²) in [5.41, 5.74) is 5.81. The number of halogens is 1. The van der Waals surface area contributed by atoms with Crippen molar-refractivity contribution in [3.8, 4) is 33.8 Å². The zero-order valence-corrected chi connectivity index (χ0v) is 20.2. The Bertz CT molecular complexity index is 1880. The molecule has 0 fully saturated rings. The van der Waals surface area contributed by atoms with E-state index in [1.165, 1.54) is 12.1 Å². The van der Waals surface area contributed by atoms with E-state index in [1.807, 2.05) is 18.2 Å². The molecule has 10 nitrogen and oxygen atoms in total. The molecule has 0 saturated carbocycles. The highest BCUT2D eigenvalue weighted by Crippen LogP contribution is 2.32. The zero-order valence-electron chi connectivity index (χ0n) is 19.4. The third-order valence-corrected chi connectivity index (χ3v) is 6.53. The third-order valence-electron chi connectivity index (χ3n) is 5.86. The minimum Gasteiger partial charge on any atom is -0.335 e. The standard InChI is InChI=1S/C25H19FN8O2S/c1-37(35,36)30-12-14-8-16(10-18(26)9-14)19-4-7-28-24-21(19)31-25(32-24)22-20-11-17(13-29-23(20)34-33-22)15-2-5-27-6-3-15/h2-11,13,30H,12H2,1H3,(H,28,31,32)(H,29,33,34). The van der Waals surface area contributed by atoms with Crippen LogP contribution < -0.4 is 4.72 Å². The van der Waals surface area contributed by atoms with Gasteiger partial charge in [0.25, 0.3) is 0 Å². The summed E-state index contributed by atoms with van der Waals surface area (Å²) in [4.78, 5) is 20.8. The molecule has 0 atom stereocenters. The fourth-order valence-electron chi connectivity index (χ4n) is 4.17. The van der Waals surface area contributed by atoms with Crippen LogP contribution in [0.5, 0.6) is 0 Å². The highest BCUT2D eigenvalue weighted by Gasteiger charge is 2.17. The van der Waals surface area contributed by atoms with Crippen LogP contribution in [0.15, 0.2) is 67.3 Å². The summed E-state index contributed by atoms with van der Waals surface area (Å²) >= 11 is 0. The molecule has 37 heavy (non-hydrogen) atoms. The molecule has 3 N–H and O–H groups in total. The van der Waals surface area contributed by atoms with E-state index in [-0.39, 0.29) is 6.54 Å². The maximum Gasteiger partial charge on any atom is 0.209 e. The number of fused-ring (bicyclic) bond motifs is 2. The van der Waals surface area contributed by atoms with Crippen LogP contribution >= 0.6 is 0 Å². The number of pyridine rings is 3. The Morgan fingerprint density at radius 1 is 0.946 bits per heavy atom. The average Bonchev–Trinajstić information content (AvgIpc) is 3.51. The van der Waals surface area contributed by atoms with Crippen LogP contribution in [0, 0.1) is 5.82 Å². The first kappa shape index (κ1) is 22.9. The Balaban J connectivity index is 1.44. The maximum absolute atomic E-state index is 14.5. The van der Waals surface area contributed by atoms with Crippen LogP contribution in [0.1, 0.15) is 5.56 Å². The van der Waals surface area contributed by atoms with Gasteiger partial charge in [0.1, 0.15) is 11.5 Å². The van der Waals surface area contributed by atoms with E-state index in [9.17, 15) is 12.8 Å². The molecule has 6 aromatic rings. The average molecular weight is 515 g/mol. The van der Waals surface area contributed by atoms with E-state index >= 15 is 0 Å². The Hall–Kier alpha value is -4.55. The molecule has 0 aliphatic rings. The van der Waals surface area contributed by atoms with Gasteiger partial charge in [-0.25, -0.2) is 32.5 Å². The molecule has 0 radical (unpaired) electrons. The van der Waals surface area contributed by atoms with E-state index in [0.29, 0.717) is 45.0 Å². The van der Waals surface area contributed by atoms with E-state index in [4.69, 9.17) is 0 Å². The fraction of sp³-hybridized carbons (Fsp3) is 0.0800. The summed E-state index contributed by atoms with van der Waals surface area (Å²) in [6.07, 6.45) is 7.84. The molecule has 0 aliphatic heterocycles. The number of aromatic amines is 2. The van der Waals surface area contributed by atoms with Gasteiger partial charge in [0.05, 0.1) is 17.2 Å². The lowest BCUT2D eigenvalue weighted by atomic mass is 10.0. The number of aromatic nitrogens is 7. The van der Waals surface area contributed by atoms with Crippen LogP contribution in [0.4, 0.5) is 4.39 Å². The molecule has 184 valence electrons. The van der Waals surface area contributed by atoms with Gasteiger partial charge in [-0.1, -0.05) is 0 Å². The zero-order chi connectivity index (χ0) is 25.6. The van der Waals surface area contributed by atoms with Gasteiger partial charge >= 0.3 is 0 Å². The molecular weight excluding hydrogens is 495 g/mol. The maximum atomic E-state index is 14.5. The summed E-state index contributed by atoms with van der Waals surface area (Å²) in [6.45, 7) is -0.0288. The number of nitrogens with one attached hydrogen (secondary N) is 3. The molecular formula is C25H19FN8O2S. The second kappa shape index (κ2) is 8.84. The highest BCUT2D eigenvalue weighted by atomic mass is 32.2. The predicted octanol–water partition coefficient (Wildman–Crippen LogP) is 3.81. The Labute approximate surface area is 210 Å². The van der Waals surface area contributed by atoms with Gasteiger partial charge in [-0.05, 0) is 59.2 Å². The van der Waals surface area contributed by atoms with Crippen LogP contribution in [-0.2, 0) is 16.6 Å². The summed E-state index contributed by atoms with van der Waals surface area (Å²) < 4.78 is 39.8. The summed E-state index contributed by atoms with van der Waals surface area (Å²) in [5, 5.41) is 8.09. The Kier molecular flexibility index (Phi) is 5.46.